The smallest absolute Gasteiger partial charge is 0.123 e. The van der Waals surface area contributed by atoms with Crippen LogP contribution in [0.4, 0.5) is 4.39 Å². The summed E-state index contributed by atoms with van der Waals surface area (Å²) in [5.74, 6) is 0.458. The zero-order chi connectivity index (χ0) is 12.1. The fourth-order valence-corrected chi connectivity index (χ4v) is 2.63. The van der Waals surface area contributed by atoms with E-state index in [-0.39, 0.29) is 5.82 Å². The summed E-state index contributed by atoms with van der Waals surface area (Å²) in [5.41, 5.74) is 1.18. The van der Waals surface area contributed by atoms with E-state index >= 15 is 0 Å². The lowest BCUT2D eigenvalue weighted by atomic mass is 9.89. The third-order valence-corrected chi connectivity index (χ3v) is 3.74. The number of nitrogens with zero attached hydrogens (tertiary/aromatic N) is 1. The van der Waals surface area contributed by atoms with Crippen LogP contribution >= 0.6 is 0 Å². The van der Waals surface area contributed by atoms with Crippen LogP contribution in [0, 0.1) is 5.82 Å². The first-order valence-electron chi connectivity index (χ1n) is 6.77. The lowest BCUT2D eigenvalue weighted by Crippen LogP contribution is -2.33. The van der Waals surface area contributed by atoms with E-state index in [0.29, 0.717) is 5.92 Å². The number of unbranched alkanes of at least 4 members (excludes halogenated alkanes) is 1. The van der Waals surface area contributed by atoms with Crippen molar-refractivity contribution in [2.45, 2.75) is 38.5 Å². The molecule has 0 bridgehead atoms. The third-order valence-electron chi connectivity index (χ3n) is 3.74. The number of benzene rings is 1. The summed E-state index contributed by atoms with van der Waals surface area (Å²) in [6.07, 6.45) is 4.91. The van der Waals surface area contributed by atoms with Crippen molar-refractivity contribution in [3.63, 3.8) is 0 Å². The summed E-state index contributed by atoms with van der Waals surface area (Å²) in [4.78, 5) is 2.54. The van der Waals surface area contributed by atoms with Crippen molar-refractivity contribution < 1.29 is 4.39 Å². The van der Waals surface area contributed by atoms with Gasteiger partial charge in [0.1, 0.15) is 5.82 Å². The highest BCUT2D eigenvalue weighted by atomic mass is 19.1. The zero-order valence-electron chi connectivity index (χ0n) is 10.7. The number of hydrogen-bond donors (Lipinski definition) is 0. The summed E-state index contributed by atoms with van der Waals surface area (Å²) in [6.45, 7) is 5.80. The highest BCUT2D eigenvalue weighted by Gasteiger charge is 2.20. The molecule has 2 rings (SSSR count). The standard InChI is InChI=1S/C15H22FN/c1-2-3-9-17-10-7-13(8-11-17)14-5-4-6-15(16)12-14/h4-6,12-13H,2-3,7-11H2,1H3. The molecule has 1 aromatic carbocycles. The monoisotopic (exact) mass is 235 g/mol. The first-order valence-corrected chi connectivity index (χ1v) is 6.77. The van der Waals surface area contributed by atoms with Gasteiger partial charge in [-0.05, 0) is 62.5 Å². The van der Waals surface area contributed by atoms with Crippen molar-refractivity contribution in [3.8, 4) is 0 Å². The van der Waals surface area contributed by atoms with Crippen molar-refractivity contribution in [3.05, 3.63) is 35.6 Å². The summed E-state index contributed by atoms with van der Waals surface area (Å²) in [7, 11) is 0. The molecule has 1 aliphatic rings. The van der Waals surface area contributed by atoms with Crippen molar-refractivity contribution >= 4 is 0 Å². The van der Waals surface area contributed by atoms with Gasteiger partial charge in [0, 0.05) is 0 Å². The SMILES string of the molecule is CCCCN1CCC(c2cccc(F)c2)CC1. The Bertz CT molecular complexity index is 343. The highest BCUT2D eigenvalue weighted by molar-refractivity contribution is 5.21. The van der Waals surface area contributed by atoms with Gasteiger partial charge in [0.15, 0.2) is 0 Å². The average Bonchev–Trinajstić information content (AvgIpc) is 2.37. The van der Waals surface area contributed by atoms with Gasteiger partial charge < -0.3 is 4.90 Å². The fraction of sp³-hybridized carbons (Fsp3) is 0.600. The second kappa shape index (κ2) is 6.15. The largest absolute Gasteiger partial charge is 0.303 e. The molecule has 0 spiro atoms. The molecule has 0 aliphatic carbocycles. The van der Waals surface area contributed by atoms with Gasteiger partial charge in [0.25, 0.3) is 0 Å². The molecule has 17 heavy (non-hydrogen) atoms. The molecule has 1 fully saturated rings. The fourth-order valence-electron chi connectivity index (χ4n) is 2.63. The first kappa shape index (κ1) is 12.6. The van der Waals surface area contributed by atoms with Gasteiger partial charge in [0.05, 0.1) is 0 Å². The molecule has 0 aromatic heterocycles. The van der Waals surface area contributed by atoms with Crippen molar-refractivity contribution in [2.24, 2.45) is 0 Å². The molecular weight excluding hydrogens is 213 g/mol. The minimum Gasteiger partial charge on any atom is -0.303 e. The topological polar surface area (TPSA) is 3.24 Å². The summed E-state index contributed by atoms with van der Waals surface area (Å²) in [5, 5.41) is 0. The van der Waals surface area contributed by atoms with E-state index in [1.165, 1.54) is 56.9 Å². The average molecular weight is 235 g/mol. The van der Waals surface area contributed by atoms with Gasteiger partial charge >= 0.3 is 0 Å². The molecule has 1 heterocycles. The zero-order valence-corrected chi connectivity index (χ0v) is 10.7. The summed E-state index contributed by atoms with van der Waals surface area (Å²) < 4.78 is 13.2. The minimum atomic E-state index is -0.101. The number of likely N-dealkylation sites (tertiary alicyclic amines) is 1. The van der Waals surface area contributed by atoms with Crippen LogP contribution < -0.4 is 0 Å². The van der Waals surface area contributed by atoms with Crippen LogP contribution in [0.2, 0.25) is 0 Å². The Kier molecular flexibility index (Phi) is 4.55. The molecule has 1 aromatic rings. The molecule has 0 saturated carbocycles. The Balaban J connectivity index is 1.86. The lowest BCUT2D eigenvalue weighted by molar-refractivity contribution is 0.209. The van der Waals surface area contributed by atoms with Crippen LogP contribution in [0.25, 0.3) is 0 Å². The van der Waals surface area contributed by atoms with E-state index < -0.39 is 0 Å². The molecule has 0 amide bonds. The molecular formula is C15H22FN. The van der Waals surface area contributed by atoms with Crippen molar-refractivity contribution in [1.82, 2.24) is 4.90 Å². The van der Waals surface area contributed by atoms with Crippen molar-refractivity contribution in [1.29, 1.82) is 0 Å². The molecule has 0 atom stereocenters. The van der Waals surface area contributed by atoms with E-state index in [0.717, 1.165) is 0 Å². The minimum absolute atomic E-state index is 0.101. The van der Waals surface area contributed by atoms with E-state index in [1.54, 1.807) is 6.07 Å². The normalized spacial score (nSPS) is 18.5. The second-order valence-electron chi connectivity index (χ2n) is 5.02. The number of rotatable bonds is 4. The number of piperidine rings is 1. The molecule has 1 aliphatic heterocycles. The Labute approximate surface area is 104 Å². The van der Waals surface area contributed by atoms with Gasteiger partial charge in [-0.3, -0.25) is 0 Å². The van der Waals surface area contributed by atoms with Crippen LogP contribution in [0.3, 0.4) is 0 Å². The quantitative estimate of drug-likeness (QED) is 0.767. The van der Waals surface area contributed by atoms with E-state index in [9.17, 15) is 4.39 Å². The molecule has 0 N–H and O–H groups in total. The van der Waals surface area contributed by atoms with E-state index in [1.807, 2.05) is 6.07 Å². The van der Waals surface area contributed by atoms with Crippen LogP contribution in [0.5, 0.6) is 0 Å². The molecule has 0 unspecified atom stereocenters. The van der Waals surface area contributed by atoms with Crippen LogP contribution in [-0.4, -0.2) is 24.5 Å². The Hall–Kier alpha value is -0.890. The van der Waals surface area contributed by atoms with Gasteiger partial charge in [-0.1, -0.05) is 25.5 Å². The third kappa shape index (κ3) is 3.53. The maximum atomic E-state index is 13.2. The van der Waals surface area contributed by atoms with Crippen LogP contribution in [-0.2, 0) is 0 Å². The predicted molar refractivity (Wildman–Crippen MR) is 69.7 cm³/mol. The highest BCUT2D eigenvalue weighted by Crippen LogP contribution is 2.28. The van der Waals surface area contributed by atoms with Gasteiger partial charge in [-0.15, -0.1) is 0 Å². The Morgan fingerprint density at radius 1 is 1.29 bits per heavy atom. The molecule has 0 radical (unpaired) electrons. The maximum absolute atomic E-state index is 13.2. The van der Waals surface area contributed by atoms with Gasteiger partial charge in [0.2, 0.25) is 0 Å². The maximum Gasteiger partial charge on any atom is 0.123 e. The first-order chi connectivity index (χ1) is 8.29. The Morgan fingerprint density at radius 2 is 2.06 bits per heavy atom. The van der Waals surface area contributed by atoms with Crippen LogP contribution in [0.1, 0.15) is 44.1 Å². The van der Waals surface area contributed by atoms with E-state index in [2.05, 4.69) is 17.9 Å². The summed E-state index contributed by atoms with van der Waals surface area (Å²) in [6, 6.07) is 7.12. The number of halogens is 1. The van der Waals surface area contributed by atoms with Crippen LogP contribution in [0.15, 0.2) is 24.3 Å². The molecule has 2 heteroatoms. The number of hydrogen-bond acceptors (Lipinski definition) is 1. The summed E-state index contributed by atoms with van der Waals surface area (Å²) >= 11 is 0. The predicted octanol–water partition coefficient (Wildman–Crippen LogP) is 3.81. The lowest BCUT2D eigenvalue weighted by Gasteiger charge is -2.32. The second-order valence-corrected chi connectivity index (χ2v) is 5.02. The van der Waals surface area contributed by atoms with E-state index in [4.69, 9.17) is 0 Å². The molecule has 1 nitrogen and oxygen atoms in total. The Morgan fingerprint density at radius 3 is 2.71 bits per heavy atom. The molecule has 1 saturated heterocycles. The van der Waals surface area contributed by atoms with Crippen molar-refractivity contribution in [2.75, 3.05) is 19.6 Å². The molecule has 94 valence electrons. The van der Waals surface area contributed by atoms with Gasteiger partial charge in [-0.25, -0.2) is 4.39 Å². The van der Waals surface area contributed by atoms with Gasteiger partial charge in [-0.2, -0.15) is 0 Å².